The van der Waals surface area contributed by atoms with Gasteiger partial charge >= 0.3 is 0 Å². The van der Waals surface area contributed by atoms with E-state index in [1.54, 1.807) is 0 Å². The lowest BCUT2D eigenvalue weighted by molar-refractivity contribution is 0.0890. The molecular formula is C18H38N2. The summed E-state index contributed by atoms with van der Waals surface area (Å²) in [7, 11) is 2.33. The van der Waals surface area contributed by atoms with Gasteiger partial charge in [-0.25, -0.2) is 0 Å². The second kappa shape index (κ2) is 8.38. The average molecular weight is 283 g/mol. The van der Waals surface area contributed by atoms with E-state index in [0.717, 1.165) is 5.92 Å². The fraction of sp³-hybridized carbons (Fsp3) is 1.00. The minimum Gasteiger partial charge on any atom is -0.314 e. The summed E-state index contributed by atoms with van der Waals surface area (Å²) in [6.07, 6.45) is 8.41. The van der Waals surface area contributed by atoms with Crippen LogP contribution in [0.5, 0.6) is 0 Å². The summed E-state index contributed by atoms with van der Waals surface area (Å²) in [6.45, 7) is 14.1. The lowest BCUT2D eigenvalue weighted by Gasteiger charge is -2.42. The molecule has 0 spiro atoms. The Morgan fingerprint density at radius 2 is 1.60 bits per heavy atom. The van der Waals surface area contributed by atoms with Crippen LogP contribution in [0, 0.1) is 11.3 Å². The second-order valence-corrected chi connectivity index (χ2v) is 7.99. The highest BCUT2D eigenvalue weighted by molar-refractivity contribution is 4.88. The van der Waals surface area contributed by atoms with Gasteiger partial charge in [0, 0.05) is 25.2 Å². The van der Waals surface area contributed by atoms with Crippen LogP contribution in [0.25, 0.3) is 0 Å². The van der Waals surface area contributed by atoms with E-state index in [2.05, 4.69) is 51.9 Å². The first-order chi connectivity index (χ1) is 9.34. The summed E-state index contributed by atoms with van der Waals surface area (Å²) in [5.41, 5.74) is 0.516. The number of nitrogens with one attached hydrogen (secondary N) is 1. The van der Waals surface area contributed by atoms with Crippen LogP contribution in [0.4, 0.5) is 0 Å². The normalized spacial score (nSPS) is 20.9. The van der Waals surface area contributed by atoms with Crippen molar-refractivity contribution in [2.45, 2.75) is 85.2 Å². The molecule has 20 heavy (non-hydrogen) atoms. The Morgan fingerprint density at radius 1 is 1.00 bits per heavy atom. The maximum absolute atomic E-state index is 3.71. The molecule has 1 unspecified atom stereocenters. The fourth-order valence-corrected chi connectivity index (χ4v) is 3.66. The Balaban J connectivity index is 2.59. The van der Waals surface area contributed by atoms with Crippen LogP contribution in [-0.4, -0.2) is 37.1 Å². The average Bonchev–Trinajstić information content (AvgIpc) is 2.37. The smallest absolute Gasteiger partial charge is 0.00665 e. The molecule has 0 aliphatic heterocycles. The summed E-state index contributed by atoms with van der Waals surface area (Å²) >= 11 is 0. The highest BCUT2D eigenvalue weighted by Crippen LogP contribution is 2.37. The molecule has 0 saturated heterocycles. The van der Waals surface area contributed by atoms with Gasteiger partial charge in [-0.3, -0.25) is 0 Å². The molecule has 2 heteroatoms. The van der Waals surface area contributed by atoms with Crippen molar-refractivity contribution in [3.63, 3.8) is 0 Å². The molecule has 1 aliphatic carbocycles. The van der Waals surface area contributed by atoms with Gasteiger partial charge in [-0.15, -0.1) is 0 Å². The van der Waals surface area contributed by atoms with Crippen molar-refractivity contribution in [2.24, 2.45) is 11.3 Å². The first-order valence-corrected chi connectivity index (χ1v) is 8.78. The molecule has 0 radical (unpaired) electrons. The van der Waals surface area contributed by atoms with Crippen LogP contribution in [0.2, 0.25) is 0 Å². The molecule has 0 heterocycles. The van der Waals surface area contributed by atoms with Crippen molar-refractivity contribution in [1.82, 2.24) is 10.2 Å². The summed E-state index contributed by atoms with van der Waals surface area (Å²) < 4.78 is 0. The first kappa shape index (κ1) is 18.0. The summed E-state index contributed by atoms with van der Waals surface area (Å²) in [5.74, 6) is 0.795. The Kier molecular flexibility index (Phi) is 7.53. The molecule has 1 rings (SSSR count). The molecule has 2 nitrogen and oxygen atoms in total. The van der Waals surface area contributed by atoms with Crippen molar-refractivity contribution in [3.05, 3.63) is 0 Å². The topological polar surface area (TPSA) is 15.3 Å². The zero-order valence-corrected chi connectivity index (χ0v) is 14.8. The van der Waals surface area contributed by atoms with Gasteiger partial charge in [0.05, 0.1) is 0 Å². The molecule has 1 atom stereocenters. The minimum absolute atomic E-state index is 0.516. The van der Waals surface area contributed by atoms with Crippen LogP contribution in [-0.2, 0) is 0 Å². The summed E-state index contributed by atoms with van der Waals surface area (Å²) in [6, 6.07) is 1.31. The molecule has 1 aliphatic rings. The van der Waals surface area contributed by atoms with Crippen molar-refractivity contribution < 1.29 is 0 Å². The van der Waals surface area contributed by atoms with E-state index in [0.29, 0.717) is 17.5 Å². The van der Waals surface area contributed by atoms with E-state index in [9.17, 15) is 0 Å². The van der Waals surface area contributed by atoms with Crippen LogP contribution in [0.3, 0.4) is 0 Å². The second-order valence-electron chi connectivity index (χ2n) is 7.99. The van der Waals surface area contributed by atoms with Crippen molar-refractivity contribution >= 4 is 0 Å². The minimum atomic E-state index is 0.516. The van der Waals surface area contributed by atoms with Gasteiger partial charge in [-0.2, -0.15) is 0 Å². The maximum atomic E-state index is 3.71. The first-order valence-electron chi connectivity index (χ1n) is 8.78. The molecule has 1 saturated carbocycles. The number of hydrogen-bond donors (Lipinski definition) is 1. The third-order valence-corrected chi connectivity index (χ3v) is 4.95. The molecule has 1 fully saturated rings. The van der Waals surface area contributed by atoms with Gasteiger partial charge < -0.3 is 10.2 Å². The molecule has 0 aromatic heterocycles. The third-order valence-electron chi connectivity index (χ3n) is 4.95. The van der Waals surface area contributed by atoms with Gasteiger partial charge in [-0.1, -0.05) is 47.0 Å². The number of rotatable bonds is 8. The van der Waals surface area contributed by atoms with Gasteiger partial charge in [0.2, 0.25) is 0 Å². The lowest BCUT2D eigenvalue weighted by Crippen LogP contribution is -2.47. The van der Waals surface area contributed by atoms with Gasteiger partial charge in [0.15, 0.2) is 0 Å². The van der Waals surface area contributed by atoms with E-state index in [4.69, 9.17) is 0 Å². The molecule has 0 bridgehead atoms. The van der Waals surface area contributed by atoms with E-state index >= 15 is 0 Å². The molecule has 1 N–H and O–H groups in total. The Bertz CT molecular complexity index is 254. The summed E-state index contributed by atoms with van der Waals surface area (Å²) in [5, 5.41) is 3.71. The quantitative estimate of drug-likeness (QED) is 0.714. The van der Waals surface area contributed by atoms with E-state index < -0.39 is 0 Å². The van der Waals surface area contributed by atoms with Crippen LogP contribution in [0.1, 0.15) is 73.1 Å². The highest BCUT2D eigenvalue weighted by Gasteiger charge is 2.33. The zero-order valence-electron chi connectivity index (χ0n) is 14.8. The molecule has 0 amide bonds. The standard InChI is InChI=1S/C18H38N2/c1-15(2)12-17(5)20(6)14-18(13-19-16(3)4)10-8-7-9-11-18/h15-17,19H,7-14H2,1-6H3. The molecular weight excluding hydrogens is 244 g/mol. The van der Waals surface area contributed by atoms with E-state index in [1.807, 2.05) is 0 Å². The number of nitrogens with zero attached hydrogens (tertiary/aromatic N) is 1. The van der Waals surface area contributed by atoms with E-state index in [1.165, 1.54) is 51.6 Å². The van der Waals surface area contributed by atoms with Gasteiger partial charge in [0.25, 0.3) is 0 Å². The highest BCUT2D eigenvalue weighted by atomic mass is 15.1. The van der Waals surface area contributed by atoms with Crippen LogP contribution < -0.4 is 5.32 Å². The Morgan fingerprint density at radius 3 is 2.10 bits per heavy atom. The predicted octanol–water partition coefficient (Wildman–Crippen LogP) is 4.30. The van der Waals surface area contributed by atoms with Crippen LogP contribution >= 0.6 is 0 Å². The monoisotopic (exact) mass is 282 g/mol. The Labute approximate surface area is 127 Å². The van der Waals surface area contributed by atoms with Crippen molar-refractivity contribution in [1.29, 1.82) is 0 Å². The Hall–Kier alpha value is -0.0800. The SMILES string of the molecule is CC(C)CC(C)N(C)CC1(CNC(C)C)CCCCC1. The third kappa shape index (κ3) is 6.13. The lowest BCUT2D eigenvalue weighted by atomic mass is 9.73. The van der Waals surface area contributed by atoms with Crippen molar-refractivity contribution in [3.8, 4) is 0 Å². The molecule has 0 aromatic rings. The van der Waals surface area contributed by atoms with Crippen molar-refractivity contribution in [2.75, 3.05) is 20.1 Å². The maximum Gasteiger partial charge on any atom is 0.00665 e. The van der Waals surface area contributed by atoms with E-state index in [-0.39, 0.29) is 0 Å². The van der Waals surface area contributed by atoms with Gasteiger partial charge in [-0.05, 0) is 44.6 Å². The molecule has 0 aromatic carbocycles. The zero-order chi connectivity index (χ0) is 15.2. The fourth-order valence-electron chi connectivity index (χ4n) is 3.66. The van der Waals surface area contributed by atoms with Gasteiger partial charge in [0.1, 0.15) is 0 Å². The largest absolute Gasteiger partial charge is 0.314 e. The summed E-state index contributed by atoms with van der Waals surface area (Å²) in [4.78, 5) is 2.62. The van der Waals surface area contributed by atoms with Crippen LogP contribution in [0.15, 0.2) is 0 Å². The number of hydrogen-bond acceptors (Lipinski definition) is 2. The predicted molar refractivity (Wildman–Crippen MR) is 90.2 cm³/mol. The molecule has 120 valence electrons.